The Morgan fingerprint density at radius 3 is 2.70 bits per heavy atom. The largest absolute Gasteiger partial charge is 0.278 e. The van der Waals surface area contributed by atoms with Crippen LogP contribution in [0, 0.1) is 0 Å². The number of para-hydroxylation sites is 1. The fourth-order valence-electron chi connectivity index (χ4n) is 3.15. The third-order valence-electron chi connectivity index (χ3n) is 4.73. The number of rotatable bonds is 6. The van der Waals surface area contributed by atoms with Gasteiger partial charge in [-0.15, -0.1) is 0 Å². The third-order valence-corrected chi connectivity index (χ3v) is 6.11. The van der Waals surface area contributed by atoms with Crippen molar-refractivity contribution in [3.63, 3.8) is 0 Å². The molecule has 0 aliphatic rings. The summed E-state index contributed by atoms with van der Waals surface area (Å²) in [5.41, 5.74) is 3.72. The lowest BCUT2D eigenvalue weighted by atomic mass is 10.1. The second kappa shape index (κ2) is 9.20. The summed E-state index contributed by atoms with van der Waals surface area (Å²) in [5.74, 6) is -0.169. The highest BCUT2D eigenvalue weighted by Crippen LogP contribution is 2.32. The molecule has 2 heterocycles. The Morgan fingerprint density at radius 1 is 1.10 bits per heavy atom. The normalized spacial score (nSPS) is 11.3. The minimum atomic E-state index is -0.169. The number of benzene rings is 2. The third kappa shape index (κ3) is 4.42. The minimum Gasteiger partial charge on any atom is -0.278 e. The van der Waals surface area contributed by atoms with Gasteiger partial charge in [-0.2, -0.15) is 0 Å². The number of carbonyl (C=O) groups excluding carboxylic acids is 1. The van der Waals surface area contributed by atoms with Crippen molar-refractivity contribution in [2.75, 3.05) is 4.90 Å². The molecule has 0 atom stereocenters. The van der Waals surface area contributed by atoms with Crippen LogP contribution in [-0.4, -0.2) is 15.9 Å². The number of halogens is 1. The molecule has 0 aliphatic heterocycles. The Balaban J connectivity index is 1.71. The van der Waals surface area contributed by atoms with Gasteiger partial charge < -0.3 is 0 Å². The van der Waals surface area contributed by atoms with Gasteiger partial charge >= 0.3 is 0 Å². The Morgan fingerprint density at radius 2 is 1.93 bits per heavy atom. The zero-order valence-electron chi connectivity index (χ0n) is 16.5. The van der Waals surface area contributed by atoms with Crippen LogP contribution in [0.5, 0.6) is 0 Å². The Hall–Kier alpha value is -3.02. The maximum Gasteiger partial charge on any atom is 0.253 e. The molecular formula is C24H20ClN3OS. The van der Waals surface area contributed by atoms with Gasteiger partial charge in [-0.3, -0.25) is 14.7 Å². The van der Waals surface area contributed by atoms with Crippen molar-refractivity contribution in [2.24, 2.45) is 0 Å². The highest BCUT2D eigenvalue weighted by atomic mass is 35.5. The van der Waals surface area contributed by atoms with Crippen molar-refractivity contribution in [2.45, 2.75) is 19.9 Å². The average molecular weight is 434 g/mol. The number of thiazole rings is 1. The topological polar surface area (TPSA) is 46.1 Å². The zero-order chi connectivity index (χ0) is 20.9. The molecule has 150 valence electrons. The van der Waals surface area contributed by atoms with E-state index in [1.165, 1.54) is 23.0 Å². The van der Waals surface area contributed by atoms with Crippen molar-refractivity contribution < 1.29 is 4.79 Å². The predicted octanol–water partition coefficient (Wildman–Crippen LogP) is 6.15. The van der Waals surface area contributed by atoms with E-state index in [1.807, 2.05) is 48.5 Å². The number of pyridine rings is 1. The van der Waals surface area contributed by atoms with Crippen LogP contribution in [0.25, 0.3) is 16.3 Å². The van der Waals surface area contributed by atoms with Gasteiger partial charge in [0.1, 0.15) is 0 Å². The van der Waals surface area contributed by atoms with E-state index in [2.05, 4.69) is 18.0 Å². The smallest absolute Gasteiger partial charge is 0.253 e. The van der Waals surface area contributed by atoms with Crippen LogP contribution in [0.1, 0.15) is 23.7 Å². The molecule has 6 heteroatoms. The number of hydrogen-bond acceptors (Lipinski definition) is 4. The molecule has 30 heavy (non-hydrogen) atoms. The van der Waals surface area contributed by atoms with Crippen molar-refractivity contribution in [3.05, 3.63) is 94.8 Å². The number of aromatic nitrogens is 2. The SMILES string of the molecule is CCc1cccc2sc(N(Cc3ccccn3)C(=O)/C=C/c3ccccc3Cl)nc12. The van der Waals surface area contributed by atoms with Crippen molar-refractivity contribution in [3.8, 4) is 0 Å². The van der Waals surface area contributed by atoms with Gasteiger partial charge in [0.25, 0.3) is 5.91 Å². The first-order valence-corrected chi connectivity index (χ1v) is 10.9. The van der Waals surface area contributed by atoms with Gasteiger partial charge in [0.15, 0.2) is 5.13 Å². The maximum atomic E-state index is 13.2. The van der Waals surface area contributed by atoms with Crippen molar-refractivity contribution in [1.82, 2.24) is 9.97 Å². The summed E-state index contributed by atoms with van der Waals surface area (Å²) >= 11 is 7.74. The van der Waals surface area contributed by atoms with E-state index in [4.69, 9.17) is 16.6 Å². The van der Waals surface area contributed by atoms with Crippen LogP contribution in [0.4, 0.5) is 5.13 Å². The summed E-state index contributed by atoms with van der Waals surface area (Å²) < 4.78 is 1.07. The molecule has 0 radical (unpaired) electrons. The molecule has 0 saturated heterocycles. The number of nitrogens with zero attached hydrogens (tertiary/aromatic N) is 3. The molecular weight excluding hydrogens is 414 g/mol. The summed E-state index contributed by atoms with van der Waals surface area (Å²) in [6.07, 6.45) is 5.89. The second-order valence-corrected chi connectivity index (χ2v) is 8.13. The lowest BCUT2D eigenvalue weighted by Crippen LogP contribution is -2.29. The molecule has 0 N–H and O–H groups in total. The standard InChI is InChI=1S/C24H20ClN3OS/c1-2-17-9-7-12-21-23(17)27-24(30-21)28(16-19-10-5-6-15-26-19)22(29)14-13-18-8-3-4-11-20(18)25/h3-15H,2,16H2,1H3/b14-13+. The predicted molar refractivity (Wildman–Crippen MR) is 125 cm³/mol. The Kier molecular flexibility index (Phi) is 6.21. The maximum absolute atomic E-state index is 13.2. The highest BCUT2D eigenvalue weighted by Gasteiger charge is 2.20. The first-order valence-electron chi connectivity index (χ1n) is 9.68. The lowest BCUT2D eigenvalue weighted by Gasteiger charge is -2.17. The monoisotopic (exact) mass is 433 g/mol. The Labute approximate surface area is 184 Å². The van der Waals surface area contributed by atoms with Gasteiger partial charge in [-0.25, -0.2) is 4.98 Å². The summed E-state index contributed by atoms with van der Waals surface area (Å²) in [5, 5.41) is 1.26. The van der Waals surface area contributed by atoms with Crippen molar-refractivity contribution in [1.29, 1.82) is 0 Å². The molecule has 0 bridgehead atoms. The van der Waals surface area contributed by atoms with E-state index in [0.717, 1.165) is 27.9 Å². The number of hydrogen-bond donors (Lipinski definition) is 0. The molecule has 0 aliphatic carbocycles. The number of anilines is 1. The second-order valence-electron chi connectivity index (χ2n) is 6.71. The number of carbonyl (C=O) groups is 1. The van der Waals surface area contributed by atoms with Crippen LogP contribution in [0.2, 0.25) is 5.02 Å². The van der Waals surface area contributed by atoms with Gasteiger partial charge in [0.05, 0.1) is 22.5 Å². The van der Waals surface area contributed by atoms with E-state index >= 15 is 0 Å². The molecule has 2 aromatic heterocycles. The van der Waals surface area contributed by atoms with Crippen LogP contribution >= 0.6 is 22.9 Å². The van der Waals surface area contributed by atoms with Crippen LogP contribution in [0.3, 0.4) is 0 Å². The van der Waals surface area contributed by atoms with E-state index < -0.39 is 0 Å². The Bertz CT molecular complexity index is 1200. The molecule has 0 saturated carbocycles. The van der Waals surface area contributed by atoms with E-state index in [1.54, 1.807) is 23.2 Å². The summed E-state index contributed by atoms with van der Waals surface area (Å²) in [6, 6.07) is 19.3. The fraction of sp³-hybridized carbons (Fsp3) is 0.125. The number of amides is 1. The molecule has 0 fully saturated rings. The van der Waals surface area contributed by atoms with Gasteiger partial charge in [0.2, 0.25) is 0 Å². The van der Waals surface area contributed by atoms with Crippen molar-refractivity contribution >= 4 is 50.3 Å². The molecule has 2 aromatic carbocycles. The van der Waals surface area contributed by atoms with E-state index in [0.29, 0.717) is 16.7 Å². The highest BCUT2D eigenvalue weighted by molar-refractivity contribution is 7.22. The molecule has 4 nitrogen and oxygen atoms in total. The van der Waals surface area contributed by atoms with Gasteiger partial charge in [0, 0.05) is 17.3 Å². The van der Waals surface area contributed by atoms with Gasteiger partial charge in [-0.05, 0) is 47.9 Å². The first kappa shape index (κ1) is 20.3. The number of fused-ring (bicyclic) bond motifs is 1. The average Bonchev–Trinajstić information content (AvgIpc) is 3.21. The zero-order valence-corrected chi connectivity index (χ0v) is 18.0. The van der Waals surface area contributed by atoms with E-state index in [9.17, 15) is 4.79 Å². The fourth-order valence-corrected chi connectivity index (χ4v) is 4.37. The minimum absolute atomic E-state index is 0.169. The van der Waals surface area contributed by atoms with Crippen LogP contribution in [0.15, 0.2) is 72.9 Å². The van der Waals surface area contributed by atoms with Crippen LogP contribution in [-0.2, 0) is 17.8 Å². The van der Waals surface area contributed by atoms with Gasteiger partial charge in [-0.1, -0.05) is 66.3 Å². The van der Waals surface area contributed by atoms with E-state index in [-0.39, 0.29) is 5.91 Å². The summed E-state index contributed by atoms with van der Waals surface area (Å²) in [4.78, 5) is 24.1. The quantitative estimate of drug-likeness (QED) is 0.342. The lowest BCUT2D eigenvalue weighted by molar-refractivity contribution is -0.114. The molecule has 1 amide bonds. The van der Waals surface area contributed by atoms with Crippen LogP contribution < -0.4 is 4.90 Å². The molecule has 0 spiro atoms. The molecule has 4 rings (SSSR count). The first-order chi connectivity index (χ1) is 14.7. The number of aryl methyl sites for hydroxylation is 1. The summed E-state index contributed by atoms with van der Waals surface area (Å²) in [7, 11) is 0. The molecule has 0 unspecified atom stereocenters. The summed E-state index contributed by atoms with van der Waals surface area (Å²) in [6.45, 7) is 2.45. The molecule has 4 aromatic rings.